The molecule has 2 aromatic carbocycles. The van der Waals surface area contributed by atoms with E-state index in [1.165, 1.54) is 5.56 Å². The van der Waals surface area contributed by atoms with E-state index in [4.69, 9.17) is 10.5 Å². The van der Waals surface area contributed by atoms with Gasteiger partial charge >= 0.3 is 0 Å². The number of nitrogens with zero attached hydrogens (tertiary/aromatic N) is 1. The number of piperidine rings is 1. The minimum absolute atomic E-state index is 0.0216. The molecule has 1 aliphatic rings. The van der Waals surface area contributed by atoms with Crippen molar-refractivity contribution in [2.45, 2.75) is 25.2 Å². The molecule has 1 atom stereocenters. The monoisotopic (exact) mass is 352 g/mol. The molecule has 26 heavy (non-hydrogen) atoms. The fraction of sp³-hybridized carbons (Fsp3) is 0.333. The normalized spacial score (nSPS) is 19.8. The fourth-order valence-corrected chi connectivity index (χ4v) is 3.52. The van der Waals surface area contributed by atoms with Crippen LogP contribution in [0.15, 0.2) is 54.6 Å². The molecule has 0 saturated carbocycles. The quantitative estimate of drug-likeness (QED) is 0.899. The molecule has 136 valence electrons. The number of nitrogens with two attached hydrogens (primary N) is 1. The van der Waals surface area contributed by atoms with Gasteiger partial charge in [0.25, 0.3) is 11.8 Å². The van der Waals surface area contributed by atoms with E-state index in [9.17, 15) is 9.59 Å². The number of benzene rings is 2. The second-order valence-corrected chi connectivity index (χ2v) is 7.04. The van der Waals surface area contributed by atoms with Gasteiger partial charge in [-0.1, -0.05) is 37.3 Å². The first-order valence-electron chi connectivity index (χ1n) is 8.84. The molecule has 1 unspecified atom stereocenters. The third-order valence-electron chi connectivity index (χ3n) is 4.94. The Balaban J connectivity index is 1.70. The van der Waals surface area contributed by atoms with Gasteiger partial charge in [-0.15, -0.1) is 0 Å². The number of hydrogen-bond acceptors (Lipinski definition) is 3. The Labute approximate surface area is 153 Å². The lowest BCUT2D eigenvalue weighted by Crippen LogP contribution is -2.47. The third kappa shape index (κ3) is 4.04. The lowest BCUT2D eigenvalue weighted by molar-refractivity contribution is -0.119. The molecule has 1 saturated heterocycles. The van der Waals surface area contributed by atoms with Crippen molar-refractivity contribution in [3.8, 4) is 5.75 Å². The first-order chi connectivity index (χ1) is 12.5. The number of hydrogen-bond donors (Lipinski definition) is 1. The largest absolute Gasteiger partial charge is 0.484 e. The first kappa shape index (κ1) is 18.0. The molecular formula is C21H24N2O3. The Kier molecular flexibility index (Phi) is 5.26. The number of carbonyl (C=O) groups is 2. The summed E-state index contributed by atoms with van der Waals surface area (Å²) < 4.78 is 5.24. The van der Waals surface area contributed by atoms with Gasteiger partial charge in [0.05, 0.1) is 0 Å². The van der Waals surface area contributed by atoms with Crippen LogP contribution in [-0.2, 0) is 10.2 Å². The summed E-state index contributed by atoms with van der Waals surface area (Å²) in [6.07, 6.45) is 2.05. The molecule has 0 bridgehead atoms. The number of carbonyl (C=O) groups excluding carboxylic acids is 2. The maximum Gasteiger partial charge on any atom is 0.255 e. The van der Waals surface area contributed by atoms with Crippen LogP contribution in [0.3, 0.4) is 0 Å². The Bertz CT molecular complexity index is 774. The fourth-order valence-electron chi connectivity index (χ4n) is 3.52. The molecular weight excluding hydrogens is 328 g/mol. The van der Waals surface area contributed by atoms with Crippen LogP contribution in [-0.4, -0.2) is 36.4 Å². The van der Waals surface area contributed by atoms with E-state index < -0.39 is 5.91 Å². The molecule has 2 amide bonds. The van der Waals surface area contributed by atoms with Gasteiger partial charge < -0.3 is 15.4 Å². The van der Waals surface area contributed by atoms with Crippen LogP contribution in [0.1, 0.15) is 35.7 Å². The standard InChI is InChI=1S/C21H24N2O3/c1-21(17-6-3-2-4-7-17)12-5-13-23(15-21)20(25)16-8-10-18(11-9-16)26-14-19(22)24/h2-4,6-11H,5,12-15H2,1H3,(H2,22,24). The van der Waals surface area contributed by atoms with E-state index in [1.54, 1.807) is 24.3 Å². The van der Waals surface area contributed by atoms with Crippen LogP contribution in [0.25, 0.3) is 0 Å². The molecule has 0 aromatic heterocycles. The molecule has 1 heterocycles. The van der Waals surface area contributed by atoms with Crippen molar-refractivity contribution in [1.29, 1.82) is 0 Å². The Morgan fingerprint density at radius 3 is 2.46 bits per heavy atom. The average Bonchev–Trinajstić information content (AvgIpc) is 2.67. The molecule has 0 aliphatic carbocycles. The van der Waals surface area contributed by atoms with Gasteiger partial charge in [0.15, 0.2) is 6.61 Å². The summed E-state index contributed by atoms with van der Waals surface area (Å²) >= 11 is 0. The molecule has 5 nitrogen and oxygen atoms in total. The van der Waals surface area contributed by atoms with Gasteiger partial charge in [0.1, 0.15) is 5.75 Å². The van der Waals surface area contributed by atoms with Crippen molar-refractivity contribution >= 4 is 11.8 Å². The number of ether oxygens (including phenoxy) is 1. The van der Waals surface area contributed by atoms with Gasteiger partial charge in [0.2, 0.25) is 0 Å². The predicted molar refractivity (Wildman–Crippen MR) is 100 cm³/mol. The van der Waals surface area contributed by atoms with Gasteiger partial charge in [0, 0.05) is 24.1 Å². The van der Waals surface area contributed by atoms with Crippen molar-refractivity contribution in [2.75, 3.05) is 19.7 Å². The van der Waals surface area contributed by atoms with Crippen LogP contribution in [0, 0.1) is 0 Å². The summed E-state index contributed by atoms with van der Waals surface area (Å²) in [6.45, 7) is 3.52. The molecule has 0 radical (unpaired) electrons. The second-order valence-electron chi connectivity index (χ2n) is 7.04. The summed E-state index contributed by atoms with van der Waals surface area (Å²) in [5.74, 6) is 0.0140. The molecule has 1 fully saturated rings. The topological polar surface area (TPSA) is 72.6 Å². The van der Waals surface area contributed by atoms with E-state index in [2.05, 4.69) is 19.1 Å². The van der Waals surface area contributed by atoms with Crippen LogP contribution in [0.4, 0.5) is 0 Å². The number of likely N-dealkylation sites (tertiary alicyclic amines) is 1. The van der Waals surface area contributed by atoms with E-state index in [0.717, 1.165) is 19.4 Å². The third-order valence-corrected chi connectivity index (χ3v) is 4.94. The Morgan fingerprint density at radius 2 is 1.81 bits per heavy atom. The summed E-state index contributed by atoms with van der Waals surface area (Å²) in [4.78, 5) is 25.6. The maximum atomic E-state index is 12.9. The highest BCUT2D eigenvalue weighted by molar-refractivity contribution is 5.94. The number of amides is 2. The van der Waals surface area contributed by atoms with Crippen LogP contribution in [0.2, 0.25) is 0 Å². The summed E-state index contributed by atoms with van der Waals surface area (Å²) in [7, 11) is 0. The van der Waals surface area contributed by atoms with Gasteiger partial charge in [-0.2, -0.15) is 0 Å². The average molecular weight is 352 g/mol. The number of primary amides is 1. The molecule has 2 N–H and O–H groups in total. The van der Waals surface area contributed by atoms with E-state index in [0.29, 0.717) is 17.9 Å². The maximum absolute atomic E-state index is 12.9. The first-order valence-corrected chi connectivity index (χ1v) is 8.84. The highest BCUT2D eigenvalue weighted by atomic mass is 16.5. The van der Waals surface area contributed by atoms with Crippen molar-refractivity contribution < 1.29 is 14.3 Å². The van der Waals surface area contributed by atoms with Crippen LogP contribution in [0.5, 0.6) is 5.75 Å². The Hall–Kier alpha value is -2.82. The molecule has 0 spiro atoms. The zero-order valence-electron chi connectivity index (χ0n) is 15.0. The zero-order chi connectivity index (χ0) is 18.6. The lowest BCUT2D eigenvalue weighted by atomic mass is 9.76. The van der Waals surface area contributed by atoms with Gasteiger partial charge in [-0.3, -0.25) is 9.59 Å². The van der Waals surface area contributed by atoms with E-state index in [-0.39, 0.29) is 17.9 Å². The molecule has 2 aromatic rings. The molecule has 3 rings (SSSR count). The summed E-state index contributed by atoms with van der Waals surface area (Å²) in [5.41, 5.74) is 6.93. The van der Waals surface area contributed by atoms with Crippen molar-refractivity contribution in [3.05, 3.63) is 65.7 Å². The van der Waals surface area contributed by atoms with Crippen molar-refractivity contribution in [1.82, 2.24) is 4.90 Å². The smallest absolute Gasteiger partial charge is 0.255 e. The lowest BCUT2D eigenvalue weighted by Gasteiger charge is -2.41. The predicted octanol–water partition coefficient (Wildman–Crippen LogP) is 2.74. The SMILES string of the molecule is CC1(c2ccccc2)CCCN(C(=O)c2ccc(OCC(N)=O)cc2)C1. The molecule has 5 heteroatoms. The Morgan fingerprint density at radius 1 is 1.12 bits per heavy atom. The highest BCUT2D eigenvalue weighted by Crippen LogP contribution is 2.34. The highest BCUT2D eigenvalue weighted by Gasteiger charge is 2.34. The number of rotatable bonds is 5. The van der Waals surface area contributed by atoms with Crippen molar-refractivity contribution in [3.63, 3.8) is 0 Å². The van der Waals surface area contributed by atoms with Crippen molar-refractivity contribution in [2.24, 2.45) is 5.73 Å². The van der Waals surface area contributed by atoms with Crippen LogP contribution < -0.4 is 10.5 Å². The van der Waals surface area contributed by atoms with Gasteiger partial charge in [-0.05, 0) is 42.7 Å². The minimum Gasteiger partial charge on any atom is -0.484 e. The van der Waals surface area contributed by atoms with Crippen LogP contribution >= 0.6 is 0 Å². The summed E-state index contributed by atoms with van der Waals surface area (Å²) in [6, 6.07) is 17.2. The summed E-state index contributed by atoms with van der Waals surface area (Å²) in [5, 5.41) is 0. The molecule has 1 aliphatic heterocycles. The van der Waals surface area contributed by atoms with E-state index >= 15 is 0 Å². The second kappa shape index (κ2) is 7.60. The van der Waals surface area contributed by atoms with Gasteiger partial charge in [-0.25, -0.2) is 0 Å². The van der Waals surface area contributed by atoms with E-state index in [1.807, 2.05) is 23.1 Å². The zero-order valence-corrected chi connectivity index (χ0v) is 15.0. The minimum atomic E-state index is -0.529.